The molecule has 2 aromatic rings. The van der Waals surface area contributed by atoms with Crippen LogP contribution in [0.4, 0.5) is 14.5 Å². The minimum Gasteiger partial charge on any atom is -0.295 e. The monoisotopic (exact) mass is 331 g/mol. The van der Waals surface area contributed by atoms with E-state index >= 15 is 0 Å². The molecule has 2 aromatic carbocycles. The second-order valence-corrected chi connectivity index (χ2v) is 5.93. The van der Waals surface area contributed by atoms with Crippen molar-refractivity contribution in [1.82, 2.24) is 5.01 Å². The third-order valence-electron chi connectivity index (χ3n) is 3.38. The molecule has 1 atom stereocenters. The van der Waals surface area contributed by atoms with Crippen LogP contribution in [0.25, 0.3) is 0 Å². The second kappa shape index (κ2) is 6.26. The zero-order valence-electron chi connectivity index (χ0n) is 11.8. The Kier molecular flexibility index (Phi) is 4.17. The zero-order chi connectivity index (χ0) is 16.4. The lowest BCUT2D eigenvalue weighted by atomic mass is 10.2. The standard InChI is InChI=1S/C16H11F2N3OS/c17-12-2-1-3-13(18)15(12)16-21(14(22)9-23-16)20-11-6-4-10(8-19)5-7-11/h1-7,16,20H,9H2. The Balaban J connectivity index is 1.89. The summed E-state index contributed by atoms with van der Waals surface area (Å²) in [6, 6.07) is 12.1. The number of nitrogens with one attached hydrogen (secondary N) is 1. The van der Waals surface area contributed by atoms with Crippen molar-refractivity contribution in [1.29, 1.82) is 5.26 Å². The Morgan fingerprint density at radius 3 is 2.43 bits per heavy atom. The molecule has 0 saturated carbocycles. The fourth-order valence-corrected chi connectivity index (χ4v) is 3.41. The van der Waals surface area contributed by atoms with Gasteiger partial charge in [0.15, 0.2) is 0 Å². The van der Waals surface area contributed by atoms with Crippen LogP contribution in [-0.2, 0) is 4.79 Å². The average Bonchev–Trinajstić information content (AvgIpc) is 2.89. The summed E-state index contributed by atoms with van der Waals surface area (Å²) in [6.45, 7) is 0. The molecule has 0 radical (unpaired) electrons. The van der Waals surface area contributed by atoms with E-state index < -0.39 is 17.0 Å². The minimum atomic E-state index is -0.792. The number of benzene rings is 2. The highest BCUT2D eigenvalue weighted by molar-refractivity contribution is 8.00. The summed E-state index contributed by atoms with van der Waals surface area (Å²) in [4.78, 5) is 12.1. The fourth-order valence-electron chi connectivity index (χ4n) is 2.26. The van der Waals surface area contributed by atoms with Crippen LogP contribution in [0.1, 0.15) is 16.5 Å². The lowest BCUT2D eigenvalue weighted by Gasteiger charge is -2.26. The Morgan fingerprint density at radius 1 is 1.17 bits per heavy atom. The molecule has 1 aliphatic rings. The van der Waals surface area contributed by atoms with Crippen LogP contribution < -0.4 is 5.43 Å². The van der Waals surface area contributed by atoms with Crippen LogP contribution in [-0.4, -0.2) is 16.7 Å². The third kappa shape index (κ3) is 2.98. The van der Waals surface area contributed by atoms with Crippen molar-refractivity contribution in [2.24, 2.45) is 0 Å². The van der Waals surface area contributed by atoms with Crippen molar-refractivity contribution < 1.29 is 13.6 Å². The van der Waals surface area contributed by atoms with Crippen molar-refractivity contribution in [2.45, 2.75) is 5.37 Å². The smallest absolute Gasteiger partial charge is 0.252 e. The van der Waals surface area contributed by atoms with Gasteiger partial charge in [-0.3, -0.25) is 10.2 Å². The first-order valence-corrected chi connectivity index (χ1v) is 7.79. The van der Waals surface area contributed by atoms with Crippen LogP contribution in [0, 0.1) is 23.0 Å². The molecule has 1 amide bonds. The predicted octanol–water partition coefficient (Wildman–Crippen LogP) is 3.44. The van der Waals surface area contributed by atoms with Crippen molar-refractivity contribution in [2.75, 3.05) is 11.2 Å². The van der Waals surface area contributed by atoms with E-state index in [-0.39, 0.29) is 17.2 Å². The summed E-state index contributed by atoms with van der Waals surface area (Å²) in [7, 11) is 0. The average molecular weight is 331 g/mol. The SMILES string of the molecule is N#Cc1ccc(NN2C(=O)CSC2c2c(F)cccc2F)cc1. The maximum Gasteiger partial charge on any atom is 0.252 e. The molecule has 1 N–H and O–H groups in total. The highest BCUT2D eigenvalue weighted by Gasteiger charge is 2.36. The number of carbonyl (C=O) groups is 1. The Morgan fingerprint density at radius 2 is 1.83 bits per heavy atom. The zero-order valence-corrected chi connectivity index (χ0v) is 12.6. The van der Waals surface area contributed by atoms with Gasteiger partial charge in [0.05, 0.1) is 28.6 Å². The number of amides is 1. The first kappa shape index (κ1) is 15.3. The number of hydrazine groups is 1. The number of hydrogen-bond donors (Lipinski definition) is 1. The van der Waals surface area contributed by atoms with E-state index in [0.717, 1.165) is 11.8 Å². The maximum absolute atomic E-state index is 14.0. The van der Waals surface area contributed by atoms with E-state index in [1.165, 1.54) is 23.2 Å². The van der Waals surface area contributed by atoms with Gasteiger partial charge in [0.1, 0.15) is 17.0 Å². The summed E-state index contributed by atoms with van der Waals surface area (Å²) >= 11 is 1.15. The third-order valence-corrected chi connectivity index (χ3v) is 4.55. The van der Waals surface area contributed by atoms with E-state index in [1.54, 1.807) is 24.3 Å². The lowest BCUT2D eigenvalue weighted by Crippen LogP contribution is -2.34. The maximum atomic E-state index is 14.0. The van der Waals surface area contributed by atoms with Crippen LogP contribution in [0.5, 0.6) is 0 Å². The molecule has 4 nitrogen and oxygen atoms in total. The van der Waals surface area contributed by atoms with E-state index in [2.05, 4.69) is 5.43 Å². The molecule has 1 heterocycles. The van der Waals surface area contributed by atoms with Gasteiger partial charge >= 0.3 is 0 Å². The van der Waals surface area contributed by atoms with Gasteiger partial charge in [-0.15, -0.1) is 11.8 Å². The fraction of sp³-hybridized carbons (Fsp3) is 0.125. The van der Waals surface area contributed by atoms with E-state index in [4.69, 9.17) is 5.26 Å². The molecule has 23 heavy (non-hydrogen) atoms. The number of rotatable bonds is 3. The molecule has 7 heteroatoms. The molecular formula is C16H11F2N3OS. The Hall–Kier alpha value is -2.59. The Labute approximate surface area is 135 Å². The van der Waals surface area contributed by atoms with Crippen molar-refractivity contribution in [3.63, 3.8) is 0 Å². The van der Waals surface area contributed by atoms with Gasteiger partial charge < -0.3 is 0 Å². The van der Waals surface area contributed by atoms with Gasteiger partial charge in [-0.25, -0.2) is 13.8 Å². The number of nitriles is 1. The van der Waals surface area contributed by atoms with E-state index in [9.17, 15) is 13.6 Å². The van der Waals surface area contributed by atoms with Gasteiger partial charge in [-0.1, -0.05) is 6.07 Å². The van der Waals surface area contributed by atoms with E-state index in [0.29, 0.717) is 11.3 Å². The summed E-state index contributed by atoms with van der Waals surface area (Å²) < 4.78 is 28.0. The van der Waals surface area contributed by atoms with Gasteiger partial charge in [-0.05, 0) is 36.4 Å². The molecule has 0 bridgehead atoms. The normalized spacial score (nSPS) is 17.2. The molecule has 3 rings (SSSR count). The summed E-state index contributed by atoms with van der Waals surface area (Å²) in [6.07, 6.45) is 0. The molecule has 0 spiro atoms. The number of carbonyl (C=O) groups excluding carboxylic acids is 1. The molecule has 1 aliphatic heterocycles. The first-order chi connectivity index (χ1) is 11.1. The number of thioether (sulfide) groups is 1. The molecule has 0 aliphatic carbocycles. The number of halogens is 2. The van der Waals surface area contributed by atoms with Gasteiger partial charge in [0.2, 0.25) is 0 Å². The Bertz CT molecular complexity index is 769. The van der Waals surface area contributed by atoms with Crippen molar-refractivity contribution in [3.8, 4) is 6.07 Å². The second-order valence-electron chi connectivity index (χ2n) is 4.86. The molecule has 1 fully saturated rings. The first-order valence-electron chi connectivity index (χ1n) is 6.74. The predicted molar refractivity (Wildman–Crippen MR) is 83.2 cm³/mol. The highest BCUT2D eigenvalue weighted by atomic mass is 32.2. The summed E-state index contributed by atoms with van der Waals surface area (Å²) in [5.41, 5.74) is 3.75. The molecule has 0 aromatic heterocycles. The molecule has 1 unspecified atom stereocenters. The minimum absolute atomic E-state index is 0.127. The summed E-state index contributed by atoms with van der Waals surface area (Å²) in [5.74, 6) is -1.53. The van der Waals surface area contributed by atoms with E-state index in [1.807, 2.05) is 6.07 Å². The highest BCUT2D eigenvalue weighted by Crippen LogP contribution is 2.40. The van der Waals surface area contributed by atoms with Gasteiger partial charge in [0, 0.05) is 0 Å². The molecular weight excluding hydrogens is 320 g/mol. The quantitative estimate of drug-likeness (QED) is 0.936. The van der Waals surface area contributed by atoms with Gasteiger partial charge in [-0.2, -0.15) is 5.26 Å². The largest absolute Gasteiger partial charge is 0.295 e. The lowest BCUT2D eigenvalue weighted by molar-refractivity contribution is -0.126. The number of hydrogen-bond acceptors (Lipinski definition) is 4. The van der Waals surface area contributed by atoms with Crippen molar-refractivity contribution >= 4 is 23.4 Å². The molecule has 1 saturated heterocycles. The molecule has 116 valence electrons. The van der Waals surface area contributed by atoms with Crippen LogP contribution >= 0.6 is 11.8 Å². The number of nitrogens with zero attached hydrogens (tertiary/aromatic N) is 2. The van der Waals surface area contributed by atoms with Crippen LogP contribution in [0.3, 0.4) is 0 Å². The van der Waals surface area contributed by atoms with Crippen LogP contribution in [0.15, 0.2) is 42.5 Å². The topological polar surface area (TPSA) is 56.1 Å². The van der Waals surface area contributed by atoms with Crippen molar-refractivity contribution in [3.05, 3.63) is 65.2 Å². The number of anilines is 1. The summed E-state index contributed by atoms with van der Waals surface area (Å²) in [5, 5.41) is 9.21. The van der Waals surface area contributed by atoms with Crippen LogP contribution in [0.2, 0.25) is 0 Å². The van der Waals surface area contributed by atoms with Gasteiger partial charge in [0.25, 0.3) is 5.91 Å².